The molecule has 2 heterocycles. The zero-order valence-corrected chi connectivity index (χ0v) is 22.9. The van der Waals surface area contributed by atoms with Crippen LogP contribution in [-0.4, -0.2) is 39.5 Å². The smallest absolute Gasteiger partial charge is 0.405 e. The fourth-order valence-corrected chi connectivity index (χ4v) is 5.12. The van der Waals surface area contributed by atoms with E-state index in [0.717, 1.165) is 36.6 Å². The molecule has 41 heavy (non-hydrogen) atoms. The monoisotopic (exact) mass is 572 g/mol. The van der Waals surface area contributed by atoms with Gasteiger partial charge in [-0.25, -0.2) is 18.0 Å². The first-order valence-electron chi connectivity index (χ1n) is 13.4. The van der Waals surface area contributed by atoms with Crippen molar-refractivity contribution in [3.8, 4) is 17.2 Å². The van der Waals surface area contributed by atoms with Gasteiger partial charge in [-0.05, 0) is 55.5 Å². The second kappa shape index (κ2) is 10.7. The van der Waals surface area contributed by atoms with Crippen LogP contribution in [0.25, 0.3) is 11.5 Å². The van der Waals surface area contributed by atoms with Gasteiger partial charge in [-0.1, -0.05) is 32.9 Å². The topological polar surface area (TPSA) is 118 Å². The molecule has 2 amide bonds. The third-order valence-corrected chi connectivity index (χ3v) is 7.26. The van der Waals surface area contributed by atoms with Crippen LogP contribution in [0.5, 0.6) is 5.75 Å². The Kier molecular flexibility index (Phi) is 7.43. The van der Waals surface area contributed by atoms with Crippen molar-refractivity contribution in [2.45, 2.75) is 82.9 Å². The number of fused-ring (bicyclic) bond motifs is 1. The molecule has 9 nitrogen and oxygen atoms in total. The average Bonchev–Trinajstić information content (AvgIpc) is 3.58. The second-order valence-corrected chi connectivity index (χ2v) is 11.5. The summed E-state index contributed by atoms with van der Waals surface area (Å²) in [6, 6.07) is 6.84. The molecule has 1 fully saturated rings. The molecule has 1 atom stereocenters. The summed E-state index contributed by atoms with van der Waals surface area (Å²) in [5, 5.41) is 19.0. The van der Waals surface area contributed by atoms with Crippen LogP contribution in [0.3, 0.4) is 0 Å². The highest BCUT2D eigenvalue weighted by Gasteiger charge is 2.47. The number of carbonyl (C=O) groups excluding carboxylic acids is 1. The molecule has 1 saturated carbocycles. The van der Waals surface area contributed by atoms with Crippen molar-refractivity contribution in [2.24, 2.45) is 0 Å². The van der Waals surface area contributed by atoms with E-state index in [0.29, 0.717) is 17.4 Å². The van der Waals surface area contributed by atoms with Crippen molar-refractivity contribution >= 4 is 17.7 Å². The molecule has 218 valence electrons. The molecule has 2 N–H and O–H groups in total. The molecule has 2 aromatic carbocycles. The molecule has 1 unspecified atom stereocenters. The fourth-order valence-electron chi connectivity index (χ4n) is 5.12. The Morgan fingerprint density at radius 2 is 1.85 bits per heavy atom. The summed E-state index contributed by atoms with van der Waals surface area (Å²) in [6.07, 6.45) is 1.50. The fraction of sp³-hybridized carbons (Fsp3) is 0.448. The number of aromatic nitrogens is 2. The van der Waals surface area contributed by atoms with E-state index < -0.39 is 47.2 Å². The molecule has 0 saturated heterocycles. The molecule has 1 aliphatic carbocycles. The van der Waals surface area contributed by atoms with Gasteiger partial charge >= 0.3 is 6.09 Å². The van der Waals surface area contributed by atoms with Gasteiger partial charge in [0, 0.05) is 17.4 Å². The number of alkyl halides is 2. The second-order valence-electron chi connectivity index (χ2n) is 11.5. The van der Waals surface area contributed by atoms with Crippen molar-refractivity contribution in [1.82, 2.24) is 15.5 Å². The molecule has 1 aliphatic heterocycles. The van der Waals surface area contributed by atoms with Crippen LogP contribution in [0, 0.1) is 5.82 Å². The molecule has 0 bridgehead atoms. The minimum absolute atomic E-state index is 0.141. The normalized spacial score (nSPS) is 19.1. The van der Waals surface area contributed by atoms with Crippen molar-refractivity contribution in [3.05, 3.63) is 59.2 Å². The first-order chi connectivity index (χ1) is 19.3. The lowest BCUT2D eigenvalue weighted by atomic mass is 9.97. The van der Waals surface area contributed by atoms with Crippen LogP contribution in [0.15, 0.2) is 40.8 Å². The quantitative estimate of drug-likeness (QED) is 0.363. The lowest BCUT2D eigenvalue weighted by molar-refractivity contribution is -0.122. The van der Waals surface area contributed by atoms with E-state index in [2.05, 4.69) is 10.2 Å². The number of carboxylic acid groups (broad SMARTS) is 1. The maximum Gasteiger partial charge on any atom is 0.405 e. The zero-order chi connectivity index (χ0) is 29.5. The molecule has 1 aromatic heterocycles. The first-order valence-corrected chi connectivity index (χ1v) is 13.4. The molecular weight excluding hydrogens is 541 g/mol. The van der Waals surface area contributed by atoms with Gasteiger partial charge in [-0.3, -0.25) is 4.79 Å². The Bertz CT molecular complexity index is 1450. The summed E-state index contributed by atoms with van der Waals surface area (Å²) in [4.78, 5) is 26.0. The van der Waals surface area contributed by atoms with Gasteiger partial charge in [0.15, 0.2) is 0 Å². The van der Waals surface area contributed by atoms with Gasteiger partial charge in [-0.2, -0.15) is 0 Å². The van der Waals surface area contributed by atoms with E-state index in [1.54, 1.807) is 24.3 Å². The predicted octanol–water partition coefficient (Wildman–Crippen LogP) is 6.16. The third kappa shape index (κ3) is 6.01. The van der Waals surface area contributed by atoms with E-state index in [-0.39, 0.29) is 35.7 Å². The van der Waals surface area contributed by atoms with Gasteiger partial charge < -0.3 is 24.5 Å². The highest BCUT2D eigenvalue weighted by Crippen LogP contribution is 2.45. The van der Waals surface area contributed by atoms with E-state index >= 15 is 13.2 Å². The van der Waals surface area contributed by atoms with Gasteiger partial charge in [0.1, 0.15) is 17.6 Å². The standard InChI is InChI=1S/C29H31F3N4O5/c1-28(2,3)26-35-34-24(41-26)19-12-23-20(13-21(19)30)29(31,32)14-22(33-27(38)39)25(37)36(23)15-16-8-10-18(11-9-16)40-17-6-4-5-7-17/h8-13,17,22,33H,4-7,14-15H2,1-3H3,(H,38,39). The maximum absolute atomic E-state index is 15.5. The minimum atomic E-state index is -3.74. The molecule has 0 radical (unpaired) electrons. The van der Waals surface area contributed by atoms with Crippen LogP contribution >= 0.6 is 0 Å². The van der Waals surface area contributed by atoms with E-state index in [1.165, 1.54) is 0 Å². The molecule has 3 aromatic rings. The van der Waals surface area contributed by atoms with Gasteiger partial charge in [-0.15, -0.1) is 10.2 Å². The minimum Gasteiger partial charge on any atom is -0.490 e. The summed E-state index contributed by atoms with van der Waals surface area (Å²) in [6.45, 7) is 5.26. The highest BCUT2D eigenvalue weighted by atomic mass is 19.3. The van der Waals surface area contributed by atoms with Gasteiger partial charge in [0.25, 0.3) is 11.8 Å². The molecule has 2 aliphatic rings. The summed E-state index contributed by atoms with van der Waals surface area (Å²) < 4.78 is 58.0. The van der Waals surface area contributed by atoms with Crippen LogP contribution in [0.1, 0.15) is 69.9 Å². The Balaban J connectivity index is 1.55. The molecule has 5 rings (SSSR count). The van der Waals surface area contributed by atoms with Crippen molar-refractivity contribution in [1.29, 1.82) is 0 Å². The number of benzene rings is 2. The molecular formula is C29H31F3N4O5. The summed E-state index contributed by atoms with van der Waals surface area (Å²) in [7, 11) is 0. The number of hydrogen-bond donors (Lipinski definition) is 2. The number of carbonyl (C=O) groups is 2. The summed E-state index contributed by atoms with van der Waals surface area (Å²) in [5.74, 6) is -5.06. The summed E-state index contributed by atoms with van der Waals surface area (Å²) in [5.41, 5.74) is -1.27. The number of ether oxygens (including phenoxy) is 1. The maximum atomic E-state index is 15.5. The largest absolute Gasteiger partial charge is 0.490 e. The Morgan fingerprint density at radius 3 is 2.46 bits per heavy atom. The summed E-state index contributed by atoms with van der Waals surface area (Å²) >= 11 is 0. The zero-order valence-electron chi connectivity index (χ0n) is 22.9. The van der Waals surface area contributed by atoms with Gasteiger partial charge in [0.2, 0.25) is 11.8 Å². The first kappa shape index (κ1) is 28.4. The Morgan fingerprint density at radius 1 is 1.17 bits per heavy atom. The Hall–Kier alpha value is -4.09. The predicted molar refractivity (Wildman–Crippen MR) is 142 cm³/mol. The lowest BCUT2D eigenvalue weighted by Crippen LogP contribution is -2.48. The number of amides is 2. The molecule has 12 heteroatoms. The van der Waals surface area contributed by atoms with Crippen molar-refractivity contribution in [3.63, 3.8) is 0 Å². The van der Waals surface area contributed by atoms with E-state index in [1.807, 2.05) is 26.1 Å². The number of nitrogens with zero attached hydrogens (tertiary/aromatic N) is 3. The number of nitrogens with one attached hydrogen (secondary N) is 1. The van der Waals surface area contributed by atoms with Crippen LogP contribution in [0.4, 0.5) is 23.7 Å². The number of halogens is 3. The van der Waals surface area contributed by atoms with Crippen molar-refractivity contribution in [2.75, 3.05) is 4.90 Å². The average molecular weight is 573 g/mol. The number of anilines is 1. The number of rotatable bonds is 6. The van der Waals surface area contributed by atoms with Crippen LogP contribution in [0.2, 0.25) is 0 Å². The van der Waals surface area contributed by atoms with Crippen LogP contribution in [-0.2, 0) is 22.7 Å². The van der Waals surface area contributed by atoms with Gasteiger partial charge in [0.05, 0.1) is 23.9 Å². The van der Waals surface area contributed by atoms with Crippen LogP contribution < -0.4 is 15.0 Å². The number of hydrogen-bond acceptors (Lipinski definition) is 6. The SMILES string of the molecule is CC(C)(C)c1nnc(-c2cc3c(cc2F)C(F)(F)CC(NC(=O)O)C(=O)N3Cc2ccc(OC3CCCC3)cc2)o1. The van der Waals surface area contributed by atoms with E-state index in [4.69, 9.17) is 9.15 Å². The van der Waals surface area contributed by atoms with Crippen molar-refractivity contribution < 1.29 is 37.0 Å². The third-order valence-electron chi connectivity index (χ3n) is 7.26. The highest BCUT2D eigenvalue weighted by molar-refractivity contribution is 6.00. The Labute approximate surface area is 234 Å². The van der Waals surface area contributed by atoms with E-state index in [9.17, 15) is 14.7 Å². The molecule has 0 spiro atoms. The lowest BCUT2D eigenvalue weighted by Gasteiger charge is -2.26.